The van der Waals surface area contributed by atoms with Crippen LogP contribution < -0.4 is 10.5 Å². The number of hydrogen-bond acceptors (Lipinski definition) is 2. The summed E-state index contributed by atoms with van der Waals surface area (Å²) in [5.74, 6) is 0.731. The highest BCUT2D eigenvalue weighted by Gasteiger charge is 1.98. The van der Waals surface area contributed by atoms with Crippen LogP contribution in [0.1, 0.15) is 19.3 Å². The van der Waals surface area contributed by atoms with Gasteiger partial charge in [0.15, 0.2) is 0 Å². The van der Waals surface area contributed by atoms with Crippen LogP contribution in [0, 0.1) is 0 Å². The van der Waals surface area contributed by atoms with E-state index < -0.39 is 0 Å². The van der Waals surface area contributed by atoms with E-state index in [-0.39, 0.29) is 0 Å². The van der Waals surface area contributed by atoms with Gasteiger partial charge in [-0.25, -0.2) is 0 Å². The summed E-state index contributed by atoms with van der Waals surface area (Å²) in [5.41, 5.74) is 5.38. The zero-order valence-electron chi connectivity index (χ0n) is 8.41. The van der Waals surface area contributed by atoms with Crippen molar-refractivity contribution >= 4 is 28.8 Å². The standard InChI is InChI=1S/C11H14ClNOS/c12-9-5-1-2-6-10(9)14-8-4-3-7-11(13)15/h1-2,5-6H,3-4,7-8H2,(H2,13,15). The Morgan fingerprint density at radius 2 is 2.07 bits per heavy atom. The Morgan fingerprint density at radius 3 is 2.73 bits per heavy atom. The molecule has 0 aliphatic rings. The number of halogens is 1. The molecule has 4 heteroatoms. The third-order valence-electron chi connectivity index (χ3n) is 1.91. The number of benzene rings is 1. The second-order valence-corrected chi connectivity index (χ2v) is 4.13. The van der Waals surface area contributed by atoms with Crippen LogP contribution in [0.5, 0.6) is 5.75 Å². The monoisotopic (exact) mass is 243 g/mol. The molecular weight excluding hydrogens is 230 g/mol. The minimum atomic E-state index is 0.563. The van der Waals surface area contributed by atoms with Gasteiger partial charge in [-0.1, -0.05) is 36.0 Å². The lowest BCUT2D eigenvalue weighted by molar-refractivity contribution is 0.308. The average molecular weight is 244 g/mol. The molecule has 0 unspecified atom stereocenters. The fourth-order valence-corrected chi connectivity index (χ4v) is 1.48. The summed E-state index contributed by atoms with van der Waals surface area (Å²) in [5, 5.41) is 0.645. The summed E-state index contributed by atoms with van der Waals surface area (Å²) in [6.45, 7) is 0.645. The number of hydrogen-bond donors (Lipinski definition) is 1. The Morgan fingerprint density at radius 1 is 1.33 bits per heavy atom. The maximum atomic E-state index is 5.92. The van der Waals surface area contributed by atoms with E-state index in [2.05, 4.69) is 0 Å². The highest BCUT2D eigenvalue weighted by molar-refractivity contribution is 7.80. The van der Waals surface area contributed by atoms with Crippen LogP contribution in [0.3, 0.4) is 0 Å². The molecule has 0 radical (unpaired) electrons. The Hall–Kier alpha value is -0.800. The van der Waals surface area contributed by atoms with Gasteiger partial charge in [0, 0.05) is 0 Å². The van der Waals surface area contributed by atoms with Gasteiger partial charge in [-0.05, 0) is 31.4 Å². The molecule has 0 heterocycles. The Balaban J connectivity index is 2.21. The van der Waals surface area contributed by atoms with Crippen molar-refractivity contribution in [3.8, 4) is 5.75 Å². The van der Waals surface area contributed by atoms with E-state index in [1.165, 1.54) is 0 Å². The van der Waals surface area contributed by atoms with E-state index in [0.29, 0.717) is 16.6 Å². The van der Waals surface area contributed by atoms with Gasteiger partial charge in [-0.3, -0.25) is 0 Å². The van der Waals surface area contributed by atoms with E-state index in [0.717, 1.165) is 25.0 Å². The molecule has 2 N–H and O–H groups in total. The molecule has 1 aromatic rings. The van der Waals surface area contributed by atoms with Crippen LogP contribution >= 0.6 is 23.8 Å². The van der Waals surface area contributed by atoms with Crippen molar-refractivity contribution in [1.29, 1.82) is 0 Å². The predicted octanol–water partition coefficient (Wildman–Crippen LogP) is 3.18. The minimum absolute atomic E-state index is 0.563. The molecule has 2 nitrogen and oxygen atoms in total. The number of unbranched alkanes of at least 4 members (excludes halogenated alkanes) is 1. The maximum Gasteiger partial charge on any atom is 0.137 e. The predicted molar refractivity (Wildman–Crippen MR) is 67.6 cm³/mol. The molecule has 15 heavy (non-hydrogen) atoms. The molecule has 0 amide bonds. The van der Waals surface area contributed by atoms with Crippen LogP contribution in [-0.4, -0.2) is 11.6 Å². The van der Waals surface area contributed by atoms with Crippen molar-refractivity contribution in [3.05, 3.63) is 29.3 Å². The molecular formula is C11H14ClNOS. The third kappa shape index (κ3) is 5.00. The van der Waals surface area contributed by atoms with Crippen molar-refractivity contribution in [2.24, 2.45) is 5.73 Å². The molecule has 0 atom stereocenters. The molecule has 0 spiro atoms. The lowest BCUT2D eigenvalue weighted by Crippen LogP contribution is -2.08. The molecule has 0 saturated carbocycles. The third-order valence-corrected chi connectivity index (χ3v) is 2.43. The SMILES string of the molecule is NC(=S)CCCCOc1ccccc1Cl. The van der Waals surface area contributed by atoms with E-state index in [1.807, 2.05) is 24.3 Å². The summed E-state index contributed by atoms with van der Waals surface area (Å²) >= 11 is 10.7. The second kappa shape index (κ2) is 6.64. The van der Waals surface area contributed by atoms with Gasteiger partial charge in [-0.15, -0.1) is 0 Å². The molecule has 0 aliphatic carbocycles. The normalized spacial score (nSPS) is 9.93. The van der Waals surface area contributed by atoms with Gasteiger partial charge in [-0.2, -0.15) is 0 Å². The molecule has 1 rings (SSSR count). The van der Waals surface area contributed by atoms with Gasteiger partial charge >= 0.3 is 0 Å². The maximum absolute atomic E-state index is 5.92. The van der Waals surface area contributed by atoms with Crippen LogP contribution in [0.4, 0.5) is 0 Å². The number of nitrogens with two attached hydrogens (primary N) is 1. The highest BCUT2D eigenvalue weighted by Crippen LogP contribution is 2.23. The molecule has 82 valence electrons. The fraction of sp³-hybridized carbons (Fsp3) is 0.364. The Bertz CT molecular complexity index is 330. The molecule has 0 fully saturated rings. The van der Waals surface area contributed by atoms with Crippen molar-refractivity contribution in [2.75, 3.05) is 6.61 Å². The van der Waals surface area contributed by atoms with Crippen LogP contribution in [-0.2, 0) is 0 Å². The zero-order chi connectivity index (χ0) is 11.1. The van der Waals surface area contributed by atoms with Gasteiger partial charge in [0.1, 0.15) is 5.75 Å². The topological polar surface area (TPSA) is 35.2 Å². The van der Waals surface area contributed by atoms with E-state index in [4.69, 9.17) is 34.3 Å². The number of para-hydroxylation sites is 1. The smallest absolute Gasteiger partial charge is 0.137 e. The van der Waals surface area contributed by atoms with Crippen molar-refractivity contribution in [1.82, 2.24) is 0 Å². The summed E-state index contributed by atoms with van der Waals surface area (Å²) in [6.07, 6.45) is 2.67. The van der Waals surface area contributed by atoms with E-state index in [9.17, 15) is 0 Å². The lowest BCUT2D eigenvalue weighted by atomic mass is 10.2. The van der Waals surface area contributed by atoms with Crippen LogP contribution in [0.2, 0.25) is 5.02 Å². The molecule has 0 aliphatic heterocycles. The minimum Gasteiger partial charge on any atom is -0.492 e. The Labute approximate surface area is 100 Å². The first-order valence-electron chi connectivity index (χ1n) is 4.86. The van der Waals surface area contributed by atoms with Crippen molar-refractivity contribution < 1.29 is 4.74 Å². The summed E-state index contributed by atoms with van der Waals surface area (Å²) in [7, 11) is 0. The second-order valence-electron chi connectivity index (χ2n) is 3.20. The molecule has 0 bridgehead atoms. The molecule has 1 aromatic carbocycles. The first-order valence-corrected chi connectivity index (χ1v) is 5.64. The summed E-state index contributed by atoms with van der Waals surface area (Å²) < 4.78 is 5.50. The van der Waals surface area contributed by atoms with Crippen molar-refractivity contribution in [2.45, 2.75) is 19.3 Å². The van der Waals surface area contributed by atoms with Crippen LogP contribution in [0.25, 0.3) is 0 Å². The van der Waals surface area contributed by atoms with Gasteiger partial charge in [0.2, 0.25) is 0 Å². The van der Waals surface area contributed by atoms with Crippen LogP contribution in [0.15, 0.2) is 24.3 Å². The summed E-state index contributed by atoms with van der Waals surface area (Å²) in [4.78, 5) is 0.563. The number of ether oxygens (including phenoxy) is 1. The lowest BCUT2D eigenvalue weighted by Gasteiger charge is -2.06. The Kier molecular flexibility index (Phi) is 5.43. The zero-order valence-corrected chi connectivity index (χ0v) is 9.98. The fourth-order valence-electron chi connectivity index (χ4n) is 1.15. The van der Waals surface area contributed by atoms with Gasteiger partial charge in [0.05, 0.1) is 16.6 Å². The van der Waals surface area contributed by atoms with Crippen molar-refractivity contribution in [3.63, 3.8) is 0 Å². The quantitative estimate of drug-likeness (QED) is 0.616. The molecule has 0 saturated heterocycles. The first-order chi connectivity index (χ1) is 7.20. The highest BCUT2D eigenvalue weighted by atomic mass is 35.5. The molecule has 0 aromatic heterocycles. The van der Waals surface area contributed by atoms with Gasteiger partial charge in [0.25, 0.3) is 0 Å². The van der Waals surface area contributed by atoms with E-state index in [1.54, 1.807) is 0 Å². The average Bonchev–Trinajstić information content (AvgIpc) is 2.20. The first kappa shape index (κ1) is 12.3. The van der Waals surface area contributed by atoms with E-state index >= 15 is 0 Å². The number of rotatable bonds is 6. The van der Waals surface area contributed by atoms with Gasteiger partial charge < -0.3 is 10.5 Å². The number of thiocarbonyl (C=S) groups is 1. The largest absolute Gasteiger partial charge is 0.492 e. The summed E-state index contributed by atoms with van der Waals surface area (Å²) in [6, 6.07) is 7.44.